The largest absolute Gasteiger partial charge is 0.346 e. The van der Waals surface area contributed by atoms with Crippen molar-refractivity contribution >= 4 is 17.0 Å². The molecule has 0 bridgehead atoms. The number of benzene rings is 1. The lowest BCUT2D eigenvalue weighted by atomic mass is 9.77. The Bertz CT molecular complexity index is 590. The van der Waals surface area contributed by atoms with Gasteiger partial charge in [-0.05, 0) is 43.7 Å². The Labute approximate surface area is 119 Å². The van der Waals surface area contributed by atoms with Crippen LogP contribution in [0.4, 0.5) is 5.95 Å². The molecule has 1 aromatic heterocycles. The van der Waals surface area contributed by atoms with Crippen LogP contribution < -0.4 is 11.1 Å². The molecule has 1 fully saturated rings. The lowest BCUT2D eigenvalue weighted by Crippen LogP contribution is -2.48. The third-order valence-corrected chi connectivity index (χ3v) is 4.36. The molecule has 3 N–H and O–H groups in total. The molecule has 1 aliphatic carbocycles. The summed E-state index contributed by atoms with van der Waals surface area (Å²) in [6, 6.07) is 7.77. The number of hydrogen-bond donors (Lipinski definition) is 2. The highest BCUT2D eigenvalue weighted by Gasteiger charge is 2.33. The van der Waals surface area contributed by atoms with Crippen LogP contribution in [0, 0.1) is 5.92 Å². The first-order chi connectivity index (χ1) is 9.71. The summed E-state index contributed by atoms with van der Waals surface area (Å²) in [4.78, 5) is 4.54. The molecule has 5 nitrogen and oxygen atoms in total. The number of fused-ring (bicyclic) bond motifs is 1. The summed E-state index contributed by atoms with van der Waals surface area (Å²) in [5, 5.41) is 11.8. The zero-order chi connectivity index (χ0) is 14.0. The quantitative estimate of drug-likeness (QED) is 0.896. The van der Waals surface area contributed by atoms with Gasteiger partial charge >= 0.3 is 0 Å². The van der Waals surface area contributed by atoms with Crippen LogP contribution in [0.3, 0.4) is 0 Å². The van der Waals surface area contributed by atoms with Gasteiger partial charge < -0.3 is 11.1 Å². The van der Waals surface area contributed by atoms with Gasteiger partial charge in [0.1, 0.15) is 5.52 Å². The molecule has 1 saturated carbocycles. The molecular formula is C15H21N5. The highest BCUT2D eigenvalue weighted by molar-refractivity contribution is 5.74. The van der Waals surface area contributed by atoms with E-state index in [1.807, 2.05) is 24.3 Å². The van der Waals surface area contributed by atoms with Crippen LogP contribution in [0.1, 0.15) is 32.6 Å². The van der Waals surface area contributed by atoms with E-state index in [4.69, 9.17) is 5.73 Å². The molecule has 5 heteroatoms. The summed E-state index contributed by atoms with van der Waals surface area (Å²) in [5.74, 6) is 1.37. The van der Waals surface area contributed by atoms with Crippen molar-refractivity contribution in [2.45, 2.75) is 38.1 Å². The second-order valence-corrected chi connectivity index (χ2v) is 5.92. The summed E-state index contributed by atoms with van der Waals surface area (Å²) >= 11 is 0. The lowest BCUT2D eigenvalue weighted by Gasteiger charge is -2.39. The van der Waals surface area contributed by atoms with E-state index in [2.05, 4.69) is 27.4 Å². The van der Waals surface area contributed by atoms with Crippen LogP contribution in [0.25, 0.3) is 11.0 Å². The van der Waals surface area contributed by atoms with Gasteiger partial charge in [-0.3, -0.25) is 0 Å². The molecular weight excluding hydrogens is 250 g/mol. The fourth-order valence-corrected chi connectivity index (χ4v) is 2.87. The molecule has 0 radical (unpaired) electrons. The summed E-state index contributed by atoms with van der Waals surface area (Å²) in [6.07, 6.45) is 4.54. The Balaban J connectivity index is 1.83. The average Bonchev–Trinajstić information content (AvgIpc) is 2.50. The van der Waals surface area contributed by atoms with Crippen LogP contribution in [0.15, 0.2) is 24.3 Å². The Morgan fingerprint density at radius 2 is 1.90 bits per heavy atom. The molecule has 0 aliphatic heterocycles. The van der Waals surface area contributed by atoms with Crippen LogP contribution in [0.2, 0.25) is 0 Å². The standard InChI is InChI=1S/C15H21N5/c1-11-6-8-15(10-16,9-7-11)18-14-17-12-4-2-3-5-13(12)19-20-14/h2-5,11H,6-10,16H2,1H3,(H,17,18,20). The molecule has 0 unspecified atom stereocenters. The molecule has 1 aromatic carbocycles. The van der Waals surface area contributed by atoms with Gasteiger partial charge in [-0.1, -0.05) is 19.1 Å². The molecule has 106 valence electrons. The van der Waals surface area contributed by atoms with E-state index >= 15 is 0 Å². The maximum atomic E-state index is 6.01. The Morgan fingerprint density at radius 3 is 2.60 bits per heavy atom. The van der Waals surface area contributed by atoms with Crippen LogP contribution in [-0.4, -0.2) is 27.3 Å². The zero-order valence-corrected chi connectivity index (χ0v) is 11.8. The predicted molar refractivity (Wildman–Crippen MR) is 80.4 cm³/mol. The van der Waals surface area contributed by atoms with Crippen LogP contribution >= 0.6 is 0 Å². The van der Waals surface area contributed by atoms with Crippen molar-refractivity contribution in [1.29, 1.82) is 0 Å². The van der Waals surface area contributed by atoms with E-state index in [1.165, 1.54) is 12.8 Å². The monoisotopic (exact) mass is 271 g/mol. The highest BCUT2D eigenvalue weighted by atomic mass is 15.3. The van der Waals surface area contributed by atoms with Crippen molar-refractivity contribution in [3.05, 3.63) is 24.3 Å². The van der Waals surface area contributed by atoms with Gasteiger partial charge in [0, 0.05) is 6.54 Å². The summed E-state index contributed by atoms with van der Waals surface area (Å²) in [7, 11) is 0. The Hall–Kier alpha value is -1.75. The topological polar surface area (TPSA) is 76.7 Å². The highest BCUT2D eigenvalue weighted by Crippen LogP contribution is 2.33. The third-order valence-electron chi connectivity index (χ3n) is 4.36. The van der Waals surface area contributed by atoms with Crippen molar-refractivity contribution in [3.8, 4) is 0 Å². The molecule has 1 heterocycles. The van der Waals surface area contributed by atoms with Gasteiger partial charge in [0.15, 0.2) is 0 Å². The van der Waals surface area contributed by atoms with Crippen molar-refractivity contribution < 1.29 is 0 Å². The zero-order valence-electron chi connectivity index (χ0n) is 11.8. The van der Waals surface area contributed by atoms with Crippen molar-refractivity contribution in [1.82, 2.24) is 15.2 Å². The first kappa shape index (κ1) is 13.2. The minimum atomic E-state index is -0.0728. The molecule has 0 spiro atoms. The van der Waals surface area contributed by atoms with Gasteiger partial charge in [0.2, 0.25) is 5.95 Å². The summed E-state index contributed by atoms with van der Waals surface area (Å²) < 4.78 is 0. The second kappa shape index (κ2) is 5.32. The van der Waals surface area contributed by atoms with E-state index in [0.717, 1.165) is 29.8 Å². The second-order valence-electron chi connectivity index (χ2n) is 5.92. The van der Waals surface area contributed by atoms with E-state index in [9.17, 15) is 0 Å². The SMILES string of the molecule is CC1CCC(CN)(Nc2nnc3ccccc3n2)CC1. The fourth-order valence-electron chi connectivity index (χ4n) is 2.87. The normalized spacial score (nSPS) is 26.6. The van der Waals surface area contributed by atoms with Gasteiger partial charge in [-0.25, -0.2) is 4.98 Å². The molecule has 0 saturated heterocycles. The Morgan fingerprint density at radius 1 is 1.20 bits per heavy atom. The number of rotatable bonds is 3. The lowest BCUT2D eigenvalue weighted by molar-refractivity contribution is 0.270. The number of nitrogens with two attached hydrogens (primary N) is 1. The van der Waals surface area contributed by atoms with E-state index in [-0.39, 0.29) is 5.54 Å². The van der Waals surface area contributed by atoms with Crippen molar-refractivity contribution in [3.63, 3.8) is 0 Å². The first-order valence-electron chi connectivity index (χ1n) is 7.28. The fraction of sp³-hybridized carbons (Fsp3) is 0.533. The van der Waals surface area contributed by atoms with Gasteiger partial charge in [0.25, 0.3) is 0 Å². The minimum Gasteiger partial charge on any atom is -0.346 e. The predicted octanol–water partition coefficient (Wildman–Crippen LogP) is 2.34. The van der Waals surface area contributed by atoms with Crippen LogP contribution in [0.5, 0.6) is 0 Å². The molecule has 0 amide bonds. The number of aromatic nitrogens is 3. The molecule has 3 rings (SSSR count). The summed E-state index contributed by atoms with van der Waals surface area (Å²) in [5.41, 5.74) is 7.61. The number of nitrogens with one attached hydrogen (secondary N) is 1. The maximum Gasteiger partial charge on any atom is 0.243 e. The number of nitrogens with zero attached hydrogens (tertiary/aromatic N) is 3. The van der Waals surface area contributed by atoms with Gasteiger partial charge in [0.05, 0.1) is 11.1 Å². The molecule has 1 aliphatic rings. The minimum absolute atomic E-state index is 0.0728. The van der Waals surface area contributed by atoms with Crippen molar-refractivity contribution in [2.75, 3.05) is 11.9 Å². The van der Waals surface area contributed by atoms with E-state index in [0.29, 0.717) is 12.5 Å². The first-order valence-corrected chi connectivity index (χ1v) is 7.28. The molecule has 2 aromatic rings. The van der Waals surface area contributed by atoms with E-state index in [1.54, 1.807) is 0 Å². The Kier molecular flexibility index (Phi) is 3.53. The molecule has 20 heavy (non-hydrogen) atoms. The van der Waals surface area contributed by atoms with E-state index < -0.39 is 0 Å². The van der Waals surface area contributed by atoms with Gasteiger partial charge in [-0.2, -0.15) is 0 Å². The van der Waals surface area contributed by atoms with Gasteiger partial charge in [-0.15, -0.1) is 10.2 Å². The average molecular weight is 271 g/mol. The third kappa shape index (κ3) is 2.58. The van der Waals surface area contributed by atoms with Crippen LogP contribution in [-0.2, 0) is 0 Å². The summed E-state index contributed by atoms with van der Waals surface area (Å²) in [6.45, 7) is 2.91. The smallest absolute Gasteiger partial charge is 0.243 e. The number of anilines is 1. The number of hydrogen-bond acceptors (Lipinski definition) is 5. The number of para-hydroxylation sites is 1. The maximum absolute atomic E-state index is 6.01. The molecule has 0 atom stereocenters. The van der Waals surface area contributed by atoms with Crippen molar-refractivity contribution in [2.24, 2.45) is 11.7 Å².